The number of benzene rings is 2. The van der Waals surface area contributed by atoms with Crippen molar-refractivity contribution in [1.82, 2.24) is 10.2 Å². The van der Waals surface area contributed by atoms with E-state index in [9.17, 15) is 4.79 Å². The molecule has 1 aliphatic rings. The molecular weight excluding hydrogens is 563 g/mol. The van der Waals surface area contributed by atoms with Crippen LogP contribution in [0.25, 0.3) is 6.08 Å². The highest BCUT2D eigenvalue weighted by atomic mass is 79.9. The molecule has 1 amide bonds. The van der Waals surface area contributed by atoms with Gasteiger partial charge in [-0.05, 0) is 92.0 Å². The summed E-state index contributed by atoms with van der Waals surface area (Å²) in [5.41, 5.74) is 2.17. The number of ether oxygens (including phenoxy) is 1. The molecule has 0 spiro atoms. The Morgan fingerprint density at radius 3 is 2.48 bits per heavy atom. The number of nitrogens with zero attached hydrogens (tertiary/aromatic N) is 1. The van der Waals surface area contributed by atoms with Gasteiger partial charge in [0.25, 0.3) is 5.91 Å². The molecule has 4 nitrogen and oxygen atoms in total. The van der Waals surface area contributed by atoms with E-state index in [0.29, 0.717) is 39.8 Å². The van der Waals surface area contributed by atoms with Crippen LogP contribution in [0, 0.1) is 0 Å². The van der Waals surface area contributed by atoms with E-state index in [1.54, 1.807) is 23.1 Å². The van der Waals surface area contributed by atoms with E-state index in [1.807, 2.05) is 25.1 Å². The molecule has 0 saturated carbocycles. The summed E-state index contributed by atoms with van der Waals surface area (Å²) in [5.74, 6) is 0.524. The van der Waals surface area contributed by atoms with Crippen molar-refractivity contribution in [2.45, 2.75) is 20.0 Å². The number of carbonyl (C=O) groups excluding carboxylic acids is 1. The van der Waals surface area contributed by atoms with Crippen LogP contribution in [0.3, 0.4) is 0 Å². The lowest BCUT2D eigenvalue weighted by Gasteiger charge is -2.12. The van der Waals surface area contributed by atoms with Crippen molar-refractivity contribution >= 4 is 84.4 Å². The van der Waals surface area contributed by atoms with Gasteiger partial charge in [0, 0.05) is 6.54 Å². The predicted molar refractivity (Wildman–Crippen MR) is 128 cm³/mol. The number of thiocarbonyl (C=S) groups is 1. The molecule has 3 rings (SSSR count). The highest BCUT2D eigenvalue weighted by Crippen LogP contribution is 2.36. The van der Waals surface area contributed by atoms with Crippen molar-refractivity contribution in [3.05, 3.63) is 66.1 Å². The molecule has 1 fully saturated rings. The van der Waals surface area contributed by atoms with Crippen LogP contribution in [0.5, 0.6) is 5.75 Å². The minimum absolute atomic E-state index is 0.121. The predicted octanol–water partition coefficient (Wildman–Crippen LogP) is 6.57. The van der Waals surface area contributed by atoms with Gasteiger partial charge in [-0.15, -0.1) is 0 Å². The lowest BCUT2D eigenvalue weighted by atomic mass is 10.2. The molecule has 2 aromatic carbocycles. The first-order chi connectivity index (χ1) is 13.8. The van der Waals surface area contributed by atoms with Gasteiger partial charge in [-0.3, -0.25) is 9.69 Å². The third kappa shape index (κ3) is 5.33. The van der Waals surface area contributed by atoms with Crippen LogP contribution in [0.15, 0.2) is 45.0 Å². The molecular formula is C20H16Br2Cl2N2O2S. The fourth-order valence-corrected chi connectivity index (χ4v) is 4.81. The van der Waals surface area contributed by atoms with E-state index in [2.05, 4.69) is 37.2 Å². The highest BCUT2D eigenvalue weighted by Gasteiger charge is 2.29. The van der Waals surface area contributed by atoms with Gasteiger partial charge in [-0.2, -0.15) is 0 Å². The van der Waals surface area contributed by atoms with E-state index < -0.39 is 0 Å². The molecule has 1 heterocycles. The average molecular weight is 579 g/mol. The van der Waals surface area contributed by atoms with Crippen molar-refractivity contribution in [2.75, 3.05) is 6.54 Å². The number of carbonyl (C=O) groups is 1. The van der Waals surface area contributed by atoms with Crippen molar-refractivity contribution in [1.29, 1.82) is 0 Å². The monoisotopic (exact) mass is 576 g/mol. The van der Waals surface area contributed by atoms with Crippen LogP contribution < -0.4 is 10.1 Å². The summed E-state index contributed by atoms with van der Waals surface area (Å²) < 4.78 is 7.43. The fraction of sp³-hybridized carbons (Fsp3) is 0.200. The summed E-state index contributed by atoms with van der Waals surface area (Å²) >= 11 is 24.3. The molecule has 0 bridgehead atoms. The summed E-state index contributed by atoms with van der Waals surface area (Å²) in [5, 5.41) is 4.40. The zero-order chi connectivity index (χ0) is 21.1. The van der Waals surface area contributed by atoms with Crippen molar-refractivity contribution in [2.24, 2.45) is 0 Å². The number of amides is 1. The molecule has 2 aromatic rings. The molecule has 1 aliphatic heterocycles. The van der Waals surface area contributed by atoms with Gasteiger partial charge in [0.05, 0.1) is 19.0 Å². The molecule has 9 heteroatoms. The second-order valence-corrected chi connectivity index (χ2v) is 9.21. The maximum Gasteiger partial charge on any atom is 0.276 e. The van der Waals surface area contributed by atoms with Gasteiger partial charge < -0.3 is 10.1 Å². The van der Waals surface area contributed by atoms with Gasteiger partial charge in [0.15, 0.2) is 5.11 Å². The molecule has 1 saturated heterocycles. The number of hydrogen-bond donors (Lipinski definition) is 1. The quantitative estimate of drug-likeness (QED) is 0.311. The van der Waals surface area contributed by atoms with Crippen LogP contribution in [-0.4, -0.2) is 22.5 Å². The maximum absolute atomic E-state index is 12.5. The average Bonchev–Trinajstić information content (AvgIpc) is 2.91. The zero-order valence-electron chi connectivity index (χ0n) is 15.3. The molecule has 29 heavy (non-hydrogen) atoms. The van der Waals surface area contributed by atoms with E-state index >= 15 is 0 Å². The number of rotatable bonds is 6. The fourth-order valence-electron chi connectivity index (χ4n) is 2.75. The van der Waals surface area contributed by atoms with Crippen molar-refractivity contribution < 1.29 is 9.53 Å². The minimum Gasteiger partial charge on any atom is -0.487 e. The van der Waals surface area contributed by atoms with Crippen molar-refractivity contribution in [3.8, 4) is 5.75 Å². The molecule has 0 radical (unpaired) electrons. The number of hydrogen-bond acceptors (Lipinski definition) is 3. The second-order valence-electron chi connectivity index (χ2n) is 6.30. The number of halogens is 4. The Hall–Kier alpha value is -1.12. The molecule has 0 atom stereocenters. The van der Waals surface area contributed by atoms with Crippen LogP contribution in [-0.2, 0) is 11.4 Å². The van der Waals surface area contributed by atoms with Gasteiger partial charge in [-0.25, -0.2) is 0 Å². The minimum atomic E-state index is -0.121. The third-order valence-electron chi connectivity index (χ3n) is 4.11. The summed E-state index contributed by atoms with van der Waals surface area (Å²) in [6.45, 7) is 2.92. The molecule has 1 N–H and O–H groups in total. The van der Waals surface area contributed by atoms with Crippen LogP contribution in [0.4, 0.5) is 0 Å². The summed E-state index contributed by atoms with van der Waals surface area (Å²) in [6, 6.07) is 9.12. The lowest BCUT2D eigenvalue weighted by Crippen LogP contribution is -2.31. The Morgan fingerprint density at radius 1 is 1.17 bits per heavy atom. The van der Waals surface area contributed by atoms with Gasteiger partial charge in [-0.1, -0.05) is 36.2 Å². The van der Waals surface area contributed by atoms with Crippen molar-refractivity contribution in [3.63, 3.8) is 0 Å². The Bertz CT molecular complexity index is 991. The highest BCUT2D eigenvalue weighted by molar-refractivity contribution is 9.11. The summed E-state index contributed by atoms with van der Waals surface area (Å²) in [4.78, 5) is 14.1. The third-order valence-corrected chi connectivity index (χ3v) is 6.35. The largest absolute Gasteiger partial charge is 0.487 e. The number of nitrogens with one attached hydrogen (secondary N) is 1. The molecule has 0 unspecified atom stereocenters. The summed E-state index contributed by atoms with van der Waals surface area (Å²) in [6.07, 6.45) is 2.60. The maximum atomic E-state index is 12.5. The summed E-state index contributed by atoms with van der Waals surface area (Å²) in [7, 11) is 0. The first-order valence-electron chi connectivity index (χ1n) is 8.70. The first kappa shape index (κ1) is 22.6. The Morgan fingerprint density at radius 2 is 1.86 bits per heavy atom. The van der Waals surface area contributed by atoms with Gasteiger partial charge >= 0.3 is 0 Å². The molecule has 0 aromatic heterocycles. The molecule has 152 valence electrons. The van der Waals surface area contributed by atoms with E-state index in [0.717, 1.165) is 26.5 Å². The normalized spacial score (nSPS) is 15.2. The smallest absolute Gasteiger partial charge is 0.276 e. The topological polar surface area (TPSA) is 41.6 Å². The van der Waals surface area contributed by atoms with Crippen LogP contribution in [0.2, 0.25) is 10.0 Å². The Kier molecular flexibility index (Phi) is 7.62. The Balaban J connectivity index is 1.78. The zero-order valence-corrected chi connectivity index (χ0v) is 20.8. The molecule has 0 aliphatic carbocycles. The Labute approximate surface area is 201 Å². The van der Waals surface area contributed by atoms with Crippen LogP contribution >= 0.6 is 67.3 Å². The van der Waals surface area contributed by atoms with E-state index in [-0.39, 0.29) is 5.91 Å². The SMILES string of the molecule is CCCN1C(=O)/C(=C/c2cc(Br)c(OCc3ccc(Cl)c(Cl)c3)c(Br)c2)NC1=S. The standard InChI is InChI=1S/C20H16Br2Cl2N2O2S/c1-2-5-26-19(27)17(25-20(26)29)9-12-6-13(21)18(14(22)7-12)28-10-11-3-4-15(23)16(24)8-11/h3-4,6-9H,2,5,10H2,1H3,(H,25,29)/b17-9-. The van der Waals surface area contributed by atoms with Crippen LogP contribution in [0.1, 0.15) is 24.5 Å². The van der Waals surface area contributed by atoms with E-state index in [4.69, 9.17) is 40.2 Å². The first-order valence-corrected chi connectivity index (χ1v) is 11.5. The van der Waals surface area contributed by atoms with E-state index in [1.165, 1.54) is 0 Å². The lowest BCUT2D eigenvalue weighted by molar-refractivity contribution is -0.122. The van der Waals surface area contributed by atoms with Gasteiger partial charge in [0.1, 0.15) is 18.1 Å². The van der Waals surface area contributed by atoms with Gasteiger partial charge in [0.2, 0.25) is 0 Å². The second kappa shape index (κ2) is 9.79.